The molecule has 1 aliphatic carbocycles. The Morgan fingerprint density at radius 3 is 1.95 bits per heavy atom. The molecule has 4 heteroatoms. The van der Waals surface area contributed by atoms with Crippen molar-refractivity contribution < 1.29 is 9.13 Å². The van der Waals surface area contributed by atoms with E-state index in [1.807, 2.05) is 36.9 Å². The first kappa shape index (κ1) is 39.8. The first-order valence-corrected chi connectivity index (χ1v) is 23.1. The van der Waals surface area contributed by atoms with Crippen molar-refractivity contribution in [2.45, 2.75) is 71.4 Å². The summed E-state index contributed by atoms with van der Waals surface area (Å²) in [6, 6.07) is 56.6. The lowest BCUT2D eigenvalue weighted by Gasteiger charge is -2.23. The van der Waals surface area contributed by atoms with E-state index in [-0.39, 0.29) is 11.0 Å². The van der Waals surface area contributed by atoms with Gasteiger partial charge < -0.3 is 0 Å². The Labute approximate surface area is 377 Å². The molecule has 3 atom stereocenters. The van der Waals surface area contributed by atoms with Crippen LogP contribution in [0, 0.1) is 12.3 Å². The molecule has 1 aliphatic heterocycles. The zero-order valence-corrected chi connectivity index (χ0v) is 37.3. The lowest BCUT2D eigenvalue weighted by Crippen LogP contribution is -2.60. The van der Waals surface area contributed by atoms with E-state index in [2.05, 4.69) is 199 Å². The normalized spacial score (nSPS) is 18.3. The van der Waals surface area contributed by atoms with Crippen molar-refractivity contribution in [3.8, 4) is 67.0 Å². The topological polar surface area (TPSA) is 33.5 Å². The van der Waals surface area contributed by atoms with Crippen molar-refractivity contribution in [2.75, 3.05) is 0 Å². The third-order valence-electron chi connectivity index (χ3n) is 14.9. The number of rotatable bonds is 11. The van der Waals surface area contributed by atoms with E-state index < -0.39 is 0 Å². The van der Waals surface area contributed by atoms with E-state index in [4.69, 9.17) is 0 Å². The van der Waals surface area contributed by atoms with Crippen LogP contribution in [0.2, 0.25) is 0 Å². The van der Waals surface area contributed by atoms with Gasteiger partial charge in [0.15, 0.2) is 12.4 Å². The quantitative estimate of drug-likeness (QED) is 0.122. The molecule has 0 bridgehead atoms. The minimum absolute atomic E-state index is 0.0718. The number of unbranched alkanes of at least 4 members (excludes halogenated alkanes) is 1. The van der Waals surface area contributed by atoms with E-state index >= 15 is 0 Å². The molecule has 0 radical (unpaired) electrons. The molecular weight excluding hydrogens is 777 g/mol. The molecule has 1 saturated carbocycles. The molecular formula is C60H54N4+2. The summed E-state index contributed by atoms with van der Waals surface area (Å²) in [7, 11) is 0. The van der Waals surface area contributed by atoms with E-state index in [9.17, 15) is 0 Å². The summed E-state index contributed by atoms with van der Waals surface area (Å²) in [6.07, 6.45) is 17.0. The number of aromatic nitrogens is 4. The number of hydrogen-bond acceptors (Lipinski definition) is 2. The molecule has 1 fully saturated rings. The van der Waals surface area contributed by atoms with Gasteiger partial charge in [0.25, 0.3) is 0 Å². The average molecular weight is 831 g/mol. The average Bonchev–Trinajstić information content (AvgIpc) is 3.91. The van der Waals surface area contributed by atoms with Crippen molar-refractivity contribution in [1.82, 2.24) is 9.97 Å². The summed E-state index contributed by atoms with van der Waals surface area (Å²) < 4.78 is 5.31. The van der Waals surface area contributed by atoms with Crippen LogP contribution in [0.5, 0.6) is 0 Å². The van der Waals surface area contributed by atoms with Crippen molar-refractivity contribution in [3.05, 3.63) is 206 Å². The third kappa shape index (κ3) is 6.50. The van der Waals surface area contributed by atoms with Crippen LogP contribution >= 0.6 is 0 Å². The highest BCUT2D eigenvalue weighted by atomic mass is 15.2. The minimum Gasteiger partial charge on any atom is -0.264 e. The Morgan fingerprint density at radius 1 is 0.578 bits per heavy atom. The first-order valence-electron chi connectivity index (χ1n) is 23.1. The molecule has 9 aromatic rings. The number of hydrogen-bond donors (Lipinski definition) is 0. The molecule has 0 N–H and O–H groups in total. The molecule has 5 aromatic carbocycles. The third-order valence-corrected chi connectivity index (χ3v) is 14.9. The van der Waals surface area contributed by atoms with Gasteiger partial charge >= 0.3 is 0 Å². The number of nitrogens with zero attached hydrogens (tertiary/aromatic N) is 4. The fraction of sp³-hybridized carbons (Fsp3) is 0.200. The molecule has 11 rings (SSSR count). The Morgan fingerprint density at radius 2 is 1.23 bits per heavy atom. The van der Waals surface area contributed by atoms with Gasteiger partial charge in [0.1, 0.15) is 0 Å². The zero-order chi connectivity index (χ0) is 43.4. The lowest BCUT2D eigenvalue weighted by molar-refractivity contribution is -0.808. The van der Waals surface area contributed by atoms with Gasteiger partial charge in [0.05, 0.1) is 22.3 Å². The molecule has 0 saturated heterocycles. The maximum atomic E-state index is 4.45. The van der Waals surface area contributed by atoms with E-state index in [1.54, 1.807) is 0 Å². The van der Waals surface area contributed by atoms with Crippen LogP contribution in [0.1, 0.15) is 62.6 Å². The van der Waals surface area contributed by atoms with Gasteiger partial charge in [0, 0.05) is 59.7 Å². The standard InChI is InChI=1S/C60H54N4/c1-5-7-15-42-26-31-64-56(32-42)53-22-10-11-23-54(53)58-59(4,6-2)60(58,64)40-63-30-27-43-16-8-9-21-52(43)57(63)55-37-46(25-24-41(55)3)44-17-12-18-45(33-44)49-34-50(47-19-13-28-61-38-47)36-51(35-49)48-20-14-29-62-39-48/h8-14,16-39,58H,5-7,15,40H2,1-4H3/q+2. The van der Waals surface area contributed by atoms with Gasteiger partial charge in [-0.05, 0) is 136 Å². The van der Waals surface area contributed by atoms with Crippen LogP contribution in [0.4, 0.5) is 0 Å². The molecule has 5 heterocycles. The van der Waals surface area contributed by atoms with Gasteiger partial charge in [-0.25, -0.2) is 0 Å². The fourth-order valence-electron chi connectivity index (χ4n) is 11.3. The number of benzene rings is 5. The summed E-state index contributed by atoms with van der Waals surface area (Å²) in [6.45, 7) is 10.4. The largest absolute Gasteiger partial charge is 0.264 e. The predicted molar refractivity (Wildman–Crippen MR) is 261 cm³/mol. The first-order chi connectivity index (χ1) is 31.4. The Bertz CT molecular complexity index is 3150. The summed E-state index contributed by atoms with van der Waals surface area (Å²) in [4.78, 5) is 8.90. The SMILES string of the molecule is CCCCc1cc[n+]2c(c1)-c1ccccc1C1C(C)(CC)C12C[n+]1ccc2ccccc2c1-c1cc(-c2cccc(-c3cc(-c4cccnc4)cc(-c4cccnc4)c3)c2)ccc1C. The Balaban J connectivity index is 1.04. The summed E-state index contributed by atoms with van der Waals surface area (Å²) in [5.74, 6) is 0.400. The van der Waals surface area contributed by atoms with Crippen molar-refractivity contribution in [3.63, 3.8) is 0 Å². The Hall–Kier alpha value is -7.04. The number of pyridine rings is 4. The summed E-state index contributed by atoms with van der Waals surface area (Å²) in [5, 5.41) is 2.53. The van der Waals surface area contributed by atoms with Crippen LogP contribution in [0.15, 0.2) is 189 Å². The molecule has 4 aromatic heterocycles. The zero-order valence-electron chi connectivity index (χ0n) is 37.3. The van der Waals surface area contributed by atoms with Crippen LogP contribution in [-0.2, 0) is 18.5 Å². The van der Waals surface area contributed by atoms with Gasteiger partial charge in [0.2, 0.25) is 23.5 Å². The van der Waals surface area contributed by atoms with E-state index in [0.29, 0.717) is 5.92 Å². The van der Waals surface area contributed by atoms with Crippen molar-refractivity contribution in [1.29, 1.82) is 0 Å². The second-order valence-corrected chi connectivity index (χ2v) is 18.4. The van der Waals surface area contributed by atoms with Crippen LogP contribution in [-0.4, -0.2) is 9.97 Å². The van der Waals surface area contributed by atoms with Crippen molar-refractivity contribution in [2.24, 2.45) is 5.41 Å². The molecule has 4 nitrogen and oxygen atoms in total. The number of aryl methyl sites for hydroxylation is 2. The summed E-state index contributed by atoms with van der Waals surface area (Å²) in [5.41, 5.74) is 18.6. The van der Waals surface area contributed by atoms with Gasteiger partial charge in [-0.15, -0.1) is 0 Å². The van der Waals surface area contributed by atoms with Gasteiger partial charge in [-0.2, -0.15) is 9.13 Å². The smallest absolute Gasteiger partial charge is 0.239 e. The fourth-order valence-corrected chi connectivity index (χ4v) is 11.3. The molecule has 0 amide bonds. The van der Waals surface area contributed by atoms with E-state index in [1.165, 1.54) is 79.5 Å². The molecule has 2 aliphatic rings. The second kappa shape index (κ2) is 15.9. The minimum atomic E-state index is -0.130. The molecule has 64 heavy (non-hydrogen) atoms. The molecule has 3 unspecified atom stereocenters. The molecule has 312 valence electrons. The maximum Gasteiger partial charge on any atom is 0.239 e. The van der Waals surface area contributed by atoms with Crippen LogP contribution in [0.25, 0.3) is 77.8 Å². The van der Waals surface area contributed by atoms with Gasteiger partial charge in [-0.3, -0.25) is 9.97 Å². The lowest BCUT2D eigenvalue weighted by atomic mass is 9.90. The number of fused-ring (bicyclic) bond motifs is 7. The van der Waals surface area contributed by atoms with E-state index in [0.717, 1.165) is 47.2 Å². The second-order valence-electron chi connectivity index (χ2n) is 18.4. The van der Waals surface area contributed by atoms with Gasteiger partial charge in [-0.1, -0.05) is 106 Å². The highest BCUT2D eigenvalue weighted by molar-refractivity contribution is 5.94. The predicted octanol–water partition coefficient (Wildman–Crippen LogP) is 13.8. The summed E-state index contributed by atoms with van der Waals surface area (Å²) >= 11 is 0. The maximum absolute atomic E-state index is 4.45. The molecule has 0 spiro atoms. The highest BCUT2D eigenvalue weighted by Crippen LogP contribution is 2.74. The monoisotopic (exact) mass is 830 g/mol. The Kier molecular flexibility index (Phi) is 9.91. The highest BCUT2D eigenvalue weighted by Gasteiger charge is 2.85. The van der Waals surface area contributed by atoms with Crippen LogP contribution in [0.3, 0.4) is 0 Å². The van der Waals surface area contributed by atoms with Crippen LogP contribution < -0.4 is 9.13 Å². The van der Waals surface area contributed by atoms with Crippen molar-refractivity contribution >= 4 is 10.8 Å².